The molecular weight excluding hydrogens is 422 g/mol. The van der Waals surface area contributed by atoms with Crippen molar-refractivity contribution in [3.05, 3.63) is 69.7 Å². The van der Waals surface area contributed by atoms with Gasteiger partial charge < -0.3 is 15.5 Å². The van der Waals surface area contributed by atoms with E-state index in [-0.39, 0.29) is 17.9 Å². The molecule has 2 aromatic rings. The average Bonchev–Trinajstić information content (AvgIpc) is 3.39. The van der Waals surface area contributed by atoms with Gasteiger partial charge in [-0.15, -0.1) is 0 Å². The molecule has 5 nitrogen and oxygen atoms in total. The number of piperidine rings is 1. The molecule has 1 spiro atoms. The lowest BCUT2D eigenvalue weighted by Crippen LogP contribution is -2.40. The van der Waals surface area contributed by atoms with Crippen molar-refractivity contribution >= 4 is 23.4 Å². The first-order chi connectivity index (χ1) is 15.5. The Balaban J connectivity index is 1.25. The van der Waals surface area contributed by atoms with Gasteiger partial charge in [0.1, 0.15) is 0 Å². The summed E-state index contributed by atoms with van der Waals surface area (Å²) in [6.45, 7) is 3.90. The molecule has 2 fully saturated rings. The van der Waals surface area contributed by atoms with Gasteiger partial charge in [0.2, 0.25) is 5.91 Å². The Kier molecular flexibility index (Phi) is 5.95. The number of carbonyl (C=O) groups excluding carboxylic acids is 2. The van der Waals surface area contributed by atoms with Crippen LogP contribution >= 0.6 is 11.6 Å². The predicted octanol–water partition coefficient (Wildman–Crippen LogP) is 3.90. The normalized spacial score (nSPS) is 21.5. The van der Waals surface area contributed by atoms with Crippen LogP contribution in [0.3, 0.4) is 0 Å². The molecule has 0 saturated carbocycles. The molecule has 32 heavy (non-hydrogen) atoms. The molecule has 1 unspecified atom stereocenters. The zero-order chi connectivity index (χ0) is 22.1. The fraction of sp³-hybridized carbons (Fsp3) is 0.462. The molecule has 168 valence electrons. The van der Waals surface area contributed by atoms with Crippen LogP contribution in [-0.2, 0) is 17.6 Å². The van der Waals surface area contributed by atoms with Gasteiger partial charge in [-0.1, -0.05) is 41.9 Å². The number of carbonyl (C=O) groups is 2. The predicted molar refractivity (Wildman–Crippen MR) is 126 cm³/mol. The van der Waals surface area contributed by atoms with Gasteiger partial charge in [0.25, 0.3) is 5.91 Å². The quantitative estimate of drug-likeness (QED) is 0.741. The number of benzene rings is 2. The van der Waals surface area contributed by atoms with Crippen LogP contribution in [0.4, 0.5) is 0 Å². The van der Waals surface area contributed by atoms with Gasteiger partial charge in [0, 0.05) is 13.1 Å². The fourth-order valence-corrected chi connectivity index (χ4v) is 5.81. The van der Waals surface area contributed by atoms with Crippen LogP contribution in [0.25, 0.3) is 0 Å². The summed E-state index contributed by atoms with van der Waals surface area (Å²) in [7, 11) is 0. The minimum atomic E-state index is -0.153. The van der Waals surface area contributed by atoms with Crippen LogP contribution in [0.2, 0.25) is 5.02 Å². The Morgan fingerprint density at radius 3 is 2.75 bits per heavy atom. The highest BCUT2D eigenvalue weighted by atomic mass is 35.5. The lowest BCUT2D eigenvalue weighted by molar-refractivity contribution is -0.129. The van der Waals surface area contributed by atoms with E-state index >= 15 is 0 Å². The third kappa shape index (κ3) is 4.28. The maximum Gasteiger partial charge on any atom is 0.253 e. The minimum absolute atomic E-state index is 0.0476. The molecule has 5 rings (SSSR count). The Morgan fingerprint density at radius 2 is 1.94 bits per heavy atom. The van der Waals surface area contributed by atoms with Crippen molar-refractivity contribution in [2.75, 3.05) is 26.2 Å². The molecule has 2 amide bonds. The van der Waals surface area contributed by atoms with Crippen LogP contribution in [0.5, 0.6) is 0 Å². The van der Waals surface area contributed by atoms with Crippen molar-refractivity contribution in [1.29, 1.82) is 0 Å². The number of hydrogen-bond donors (Lipinski definition) is 2. The molecule has 1 atom stereocenters. The largest absolute Gasteiger partial charge is 0.345 e. The molecule has 0 aromatic heterocycles. The number of halogens is 1. The van der Waals surface area contributed by atoms with Gasteiger partial charge in [-0.25, -0.2) is 0 Å². The van der Waals surface area contributed by atoms with Gasteiger partial charge in [0.15, 0.2) is 0 Å². The van der Waals surface area contributed by atoms with Crippen LogP contribution in [0.1, 0.15) is 58.8 Å². The monoisotopic (exact) mass is 451 g/mol. The summed E-state index contributed by atoms with van der Waals surface area (Å²) in [6, 6.07) is 13.4. The van der Waals surface area contributed by atoms with Crippen molar-refractivity contribution in [1.82, 2.24) is 15.5 Å². The lowest BCUT2D eigenvalue weighted by Gasteiger charge is -2.33. The fourth-order valence-electron chi connectivity index (χ4n) is 5.59. The standard InChI is InChI=1S/C26H30ClN3O2/c27-22-4-2-1-3-20(22)25(32)29-23-8-7-19-6-5-18(15-21(19)23)16-24(31)30-14-11-26(17-30)9-12-28-13-10-26/h1-6,15,23,28H,7-14,16-17H2,(H,29,32). The SMILES string of the molecule is O=C(NC1CCc2ccc(CC(=O)N3CCC4(CCNCC4)C3)cc21)c1ccccc1Cl. The zero-order valence-electron chi connectivity index (χ0n) is 18.3. The van der Waals surface area contributed by atoms with E-state index in [1.54, 1.807) is 12.1 Å². The molecule has 0 radical (unpaired) electrons. The summed E-state index contributed by atoms with van der Waals surface area (Å²) in [5.41, 5.74) is 4.23. The second-order valence-electron chi connectivity index (χ2n) is 9.57. The first-order valence-electron chi connectivity index (χ1n) is 11.7. The first-order valence-corrected chi connectivity index (χ1v) is 12.1. The molecule has 0 bridgehead atoms. The summed E-state index contributed by atoms with van der Waals surface area (Å²) in [5, 5.41) is 7.03. The van der Waals surface area contributed by atoms with Crippen molar-refractivity contribution in [3.63, 3.8) is 0 Å². The molecule has 2 aromatic carbocycles. The van der Waals surface area contributed by atoms with Crippen molar-refractivity contribution in [3.8, 4) is 0 Å². The van der Waals surface area contributed by atoms with Gasteiger partial charge in [-0.3, -0.25) is 9.59 Å². The second-order valence-corrected chi connectivity index (χ2v) is 9.98. The topological polar surface area (TPSA) is 61.4 Å². The highest BCUT2D eigenvalue weighted by Crippen LogP contribution is 2.39. The molecule has 2 N–H and O–H groups in total. The van der Waals surface area contributed by atoms with E-state index in [4.69, 9.17) is 11.6 Å². The lowest BCUT2D eigenvalue weighted by atomic mass is 9.78. The summed E-state index contributed by atoms with van der Waals surface area (Å²) >= 11 is 6.20. The van der Waals surface area contributed by atoms with E-state index in [0.29, 0.717) is 22.4 Å². The number of nitrogens with one attached hydrogen (secondary N) is 2. The molecule has 2 heterocycles. The van der Waals surface area contributed by atoms with E-state index in [1.165, 1.54) is 18.4 Å². The Labute approximate surface area is 194 Å². The van der Waals surface area contributed by atoms with Gasteiger partial charge in [-0.2, -0.15) is 0 Å². The summed E-state index contributed by atoms with van der Waals surface area (Å²) in [6.07, 6.45) is 5.68. The maximum absolute atomic E-state index is 13.0. The number of nitrogens with zero attached hydrogens (tertiary/aromatic N) is 1. The van der Waals surface area contributed by atoms with Gasteiger partial charge in [-0.05, 0) is 79.4 Å². The van der Waals surface area contributed by atoms with Crippen LogP contribution in [-0.4, -0.2) is 42.9 Å². The smallest absolute Gasteiger partial charge is 0.253 e. The first kappa shape index (κ1) is 21.5. The van der Waals surface area contributed by atoms with Crippen LogP contribution in [0, 0.1) is 5.41 Å². The number of likely N-dealkylation sites (tertiary alicyclic amines) is 1. The summed E-state index contributed by atoms with van der Waals surface area (Å²) in [4.78, 5) is 27.9. The third-order valence-corrected chi connectivity index (χ3v) is 7.85. The molecule has 3 aliphatic rings. The van der Waals surface area contributed by atoms with Crippen molar-refractivity contribution < 1.29 is 9.59 Å². The zero-order valence-corrected chi connectivity index (χ0v) is 19.1. The molecule has 6 heteroatoms. The third-order valence-electron chi connectivity index (χ3n) is 7.52. The van der Waals surface area contributed by atoms with Gasteiger partial charge in [0.05, 0.1) is 23.0 Å². The van der Waals surface area contributed by atoms with E-state index in [2.05, 4.69) is 33.7 Å². The molecule has 2 saturated heterocycles. The highest BCUT2D eigenvalue weighted by Gasteiger charge is 2.40. The Hall–Kier alpha value is -2.37. The molecule has 2 aliphatic heterocycles. The maximum atomic E-state index is 13.0. The second kappa shape index (κ2) is 8.87. The van der Waals surface area contributed by atoms with Crippen LogP contribution in [0.15, 0.2) is 42.5 Å². The average molecular weight is 452 g/mol. The summed E-state index contributed by atoms with van der Waals surface area (Å²) in [5.74, 6) is 0.0641. The van der Waals surface area contributed by atoms with E-state index in [1.807, 2.05) is 12.1 Å². The van der Waals surface area contributed by atoms with Crippen LogP contribution < -0.4 is 10.6 Å². The van der Waals surface area contributed by atoms with Crippen molar-refractivity contribution in [2.45, 2.75) is 44.6 Å². The van der Waals surface area contributed by atoms with Crippen molar-refractivity contribution in [2.24, 2.45) is 5.41 Å². The number of amides is 2. The Bertz CT molecular complexity index is 1030. The van der Waals surface area contributed by atoms with Gasteiger partial charge >= 0.3 is 0 Å². The van der Waals surface area contributed by atoms with E-state index < -0.39 is 0 Å². The Morgan fingerprint density at radius 1 is 1.12 bits per heavy atom. The number of rotatable bonds is 4. The van der Waals surface area contributed by atoms with E-state index in [0.717, 1.165) is 56.6 Å². The number of aryl methyl sites for hydroxylation is 1. The molecular formula is C26H30ClN3O2. The highest BCUT2D eigenvalue weighted by molar-refractivity contribution is 6.33. The van der Waals surface area contributed by atoms with E-state index in [9.17, 15) is 9.59 Å². The number of fused-ring (bicyclic) bond motifs is 1. The number of hydrogen-bond acceptors (Lipinski definition) is 3. The minimum Gasteiger partial charge on any atom is -0.345 e. The molecule has 1 aliphatic carbocycles. The summed E-state index contributed by atoms with van der Waals surface area (Å²) < 4.78 is 0.